The maximum atomic E-state index is 6.12. The van der Waals surface area contributed by atoms with Gasteiger partial charge in [-0.15, -0.1) is 0 Å². The Balaban J connectivity index is 2.02. The number of aryl methyl sites for hydroxylation is 1. The molecule has 1 atom stereocenters. The zero-order valence-corrected chi connectivity index (χ0v) is 12.6. The average Bonchev–Trinajstić information content (AvgIpc) is 2.75. The van der Waals surface area contributed by atoms with E-state index in [-0.39, 0.29) is 6.04 Å². The minimum Gasteiger partial charge on any atom is -0.326 e. The summed E-state index contributed by atoms with van der Waals surface area (Å²) in [4.78, 5) is 4.78. The van der Waals surface area contributed by atoms with Crippen LogP contribution in [0, 0.1) is 6.92 Å². The summed E-state index contributed by atoms with van der Waals surface area (Å²) in [5.74, 6) is 1.64. The lowest BCUT2D eigenvalue weighted by Crippen LogP contribution is -2.32. The summed E-state index contributed by atoms with van der Waals surface area (Å²) < 4.78 is 2.31. The van der Waals surface area contributed by atoms with E-state index in [9.17, 15) is 0 Å². The van der Waals surface area contributed by atoms with Crippen LogP contribution in [-0.2, 0) is 13.0 Å². The van der Waals surface area contributed by atoms with Crippen LogP contribution in [0.1, 0.15) is 43.1 Å². The van der Waals surface area contributed by atoms with Crippen molar-refractivity contribution in [2.45, 2.75) is 52.1 Å². The van der Waals surface area contributed by atoms with Gasteiger partial charge in [0.1, 0.15) is 5.82 Å². The molecule has 106 valence electrons. The Morgan fingerprint density at radius 1 is 1.25 bits per heavy atom. The Morgan fingerprint density at radius 3 is 2.60 bits per heavy atom. The second kappa shape index (κ2) is 5.06. The number of nitrogens with zero attached hydrogens (tertiary/aromatic N) is 2. The van der Waals surface area contributed by atoms with Crippen molar-refractivity contribution in [1.29, 1.82) is 0 Å². The van der Waals surface area contributed by atoms with E-state index in [0.717, 1.165) is 30.9 Å². The molecule has 3 heteroatoms. The molecule has 3 rings (SSSR count). The number of imidazole rings is 1. The Hall–Kier alpha value is -1.61. The number of benzene rings is 1. The lowest BCUT2D eigenvalue weighted by Gasteiger charge is -2.22. The van der Waals surface area contributed by atoms with E-state index in [4.69, 9.17) is 10.7 Å². The van der Waals surface area contributed by atoms with Crippen LogP contribution in [0.2, 0.25) is 0 Å². The van der Waals surface area contributed by atoms with E-state index in [1.54, 1.807) is 0 Å². The molecule has 1 aliphatic heterocycles. The van der Waals surface area contributed by atoms with Crippen molar-refractivity contribution < 1.29 is 0 Å². The van der Waals surface area contributed by atoms with Crippen molar-refractivity contribution in [1.82, 2.24) is 9.55 Å². The average molecular weight is 269 g/mol. The van der Waals surface area contributed by atoms with Crippen molar-refractivity contribution in [3.8, 4) is 11.4 Å². The molecule has 1 aromatic heterocycles. The molecule has 2 aromatic rings. The maximum Gasteiger partial charge on any atom is 0.140 e. The molecule has 0 fully saturated rings. The quantitative estimate of drug-likeness (QED) is 0.909. The summed E-state index contributed by atoms with van der Waals surface area (Å²) in [5.41, 5.74) is 11.2. The van der Waals surface area contributed by atoms with Crippen molar-refractivity contribution in [3.05, 3.63) is 41.2 Å². The van der Waals surface area contributed by atoms with Crippen molar-refractivity contribution in [2.24, 2.45) is 5.73 Å². The fourth-order valence-corrected chi connectivity index (χ4v) is 3.00. The van der Waals surface area contributed by atoms with Gasteiger partial charge in [0, 0.05) is 23.8 Å². The first-order valence-corrected chi connectivity index (χ1v) is 7.48. The highest BCUT2D eigenvalue weighted by atomic mass is 15.1. The highest BCUT2D eigenvalue weighted by Crippen LogP contribution is 2.28. The van der Waals surface area contributed by atoms with E-state index >= 15 is 0 Å². The van der Waals surface area contributed by atoms with Gasteiger partial charge in [-0.05, 0) is 31.2 Å². The summed E-state index contributed by atoms with van der Waals surface area (Å²) in [6.07, 6.45) is 2.11. The third-order valence-corrected chi connectivity index (χ3v) is 4.28. The normalized spacial score (nSPS) is 18.4. The van der Waals surface area contributed by atoms with Gasteiger partial charge in [-0.2, -0.15) is 0 Å². The van der Waals surface area contributed by atoms with Crippen molar-refractivity contribution in [3.63, 3.8) is 0 Å². The number of hydrogen-bond donors (Lipinski definition) is 1. The molecular weight excluding hydrogens is 246 g/mol. The van der Waals surface area contributed by atoms with Gasteiger partial charge in [-0.3, -0.25) is 0 Å². The molecule has 1 unspecified atom stereocenters. The third kappa shape index (κ3) is 2.27. The first kappa shape index (κ1) is 13.4. The fourth-order valence-electron chi connectivity index (χ4n) is 3.00. The molecule has 0 amide bonds. The molecule has 2 N–H and O–H groups in total. The summed E-state index contributed by atoms with van der Waals surface area (Å²) in [7, 11) is 0. The monoisotopic (exact) mass is 269 g/mol. The molecule has 20 heavy (non-hydrogen) atoms. The zero-order valence-electron chi connectivity index (χ0n) is 12.6. The fraction of sp³-hybridized carbons (Fsp3) is 0.471. The van der Waals surface area contributed by atoms with Crippen LogP contribution in [-0.4, -0.2) is 15.6 Å². The zero-order chi connectivity index (χ0) is 14.3. The maximum absolute atomic E-state index is 6.12. The lowest BCUT2D eigenvalue weighted by atomic mass is 10.0. The standard InChI is InChI=1S/C17H23N3/c1-11(2)13-4-6-14(7-5-13)17-19-12(3)16-9-8-15(18)10-20(16)17/h4-7,11,15H,8-10,18H2,1-3H3. The van der Waals surface area contributed by atoms with Crippen LogP contribution in [0.25, 0.3) is 11.4 Å². The summed E-state index contributed by atoms with van der Waals surface area (Å²) >= 11 is 0. The number of aromatic nitrogens is 2. The van der Waals surface area contributed by atoms with Gasteiger partial charge in [-0.25, -0.2) is 4.98 Å². The van der Waals surface area contributed by atoms with E-state index < -0.39 is 0 Å². The van der Waals surface area contributed by atoms with E-state index in [2.05, 4.69) is 49.6 Å². The van der Waals surface area contributed by atoms with Gasteiger partial charge in [0.15, 0.2) is 0 Å². The van der Waals surface area contributed by atoms with E-state index in [1.807, 2.05) is 0 Å². The molecule has 0 aliphatic carbocycles. The van der Waals surface area contributed by atoms with Crippen LogP contribution in [0.4, 0.5) is 0 Å². The number of fused-ring (bicyclic) bond motifs is 1. The third-order valence-electron chi connectivity index (χ3n) is 4.28. The number of rotatable bonds is 2. The van der Waals surface area contributed by atoms with Crippen molar-refractivity contribution in [2.75, 3.05) is 0 Å². The Labute approximate surface area is 120 Å². The Bertz CT molecular complexity index is 608. The highest BCUT2D eigenvalue weighted by molar-refractivity contribution is 5.58. The first-order valence-electron chi connectivity index (χ1n) is 7.48. The van der Waals surface area contributed by atoms with Gasteiger partial charge in [0.2, 0.25) is 0 Å². The van der Waals surface area contributed by atoms with Crippen molar-refractivity contribution >= 4 is 0 Å². The predicted molar refractivity (Wildman–Crippen MR) is 82.8 cm³/mol. The first-order chi connectivity index (χ1) is 9.56. The number of nitrogens with two attached hydrogens (primary N) is 1. The molecule has 0 saturated carbocycles. The van der Waals surface area contributed by atoms with Crippen LogP contribution >= 0.6 is 0 Å². The minimum atomic E-state index is 0.254. The van der Waals surface area contributed by atoms with Crippen LogP contribution in [0.3, 0.4) is 0 Å². The van der Waals surface area contributed by atoms with Gasteiger partial charge in [-0.1, -0.05) is 38.1 Å². The summed E-state index contributed by atoms with van der Waals surface area (Å²) in [5, 5.41) is 0. The van der Waals surface area contributed by atoms with Gasteiger partial charge >= 0.3 is 0 Å². The Morgan fingerprint density at radius 2 is 1.95 bits per heavy atom. The van der Waals surface area contributed by atoms with Crippen LogP contribution in [0.15, 0.2) is 24.3 Å². The highest BCUT2D eigenvalue weighted by Gasteiger charge is 2.22. The van der Waals surface area contributed by atoms with Crippen LogP contribution < -0.4 is 5.73 Å². The van der Waals surface area contributed by atoms with Crippen LogP contribution in [0.5, 0.6) is 0 Å². The molecule has 2 heterocycles. The van der Waals surface area contributed by atoms with E-state index in [1.165, 1.54) is 16.8 Å². The molecular formula is C17H23N3. The second-order valence-corrected chi connectivity index (χ2v) is 6.15. The number of hydrogen-bond acceptors (Lipinski definition) is 2. The predicted octanol–water partition coefficient (Wildman–Crippen LogP) is 3.26. The second-order valence-electron chi connectivity index (χ2n) is 6.15. The lowest BCUT2D eigenvalue weighted by molar-refractivity contribution is 0.462. The Kier molecular flexibility index (Phi) is 3.38. The molecule has 0 saturated heterocycles. The molecule has 1 aliphatic rings. The summed E-state index contributed by atoms with van der Waals surface area (Å²) in [6.45, 7) is 7.43. The van der Waals surface area contributed by atoms with Gasteiger partial charge in [0.05, 0.1) is 5.69 Å². The molecule has 1 aromatic carbocycles. The molecule has 3 nitrogen and oxygen atoms in total. The molecule has 0 radical (unpaired) electrons. The summed E-state index contributed by atoms with van der Waals surface area (Å²) in [6, 6.07) is 9.04. The van der Waals surface area contributed by atoms with Gasteiger partial charge < -0.3 is 10.3 Å². The topological polar surface area (TPSA) is 43.8 Å². The largest absolute Gasteiger partial charge is 0.326 e. The SMILES string of the molecule is Cc1nc(-c2ccc(C(C)C)cc2)n2c1CCC(N)C2. The van der Waals surface area contributed by atoms with Gasteiger partial charge in [0.25, 0.3) is 0 Å². The smallest absolute Gasteiger partial charge is 0.140 e. The molecule has 0 bridgehead atoms. The van der Waals surface area contributed by atoms with E-state index in [0.29, 0.717) is 5.92 Å². The minimum absolute atomic E-state index is 0.254. The molecule has 0 spiro atoms.